The van der Waals surface area contributed by atoms with E-state index in [1.54, 1.807) is 84.9 Å². The molecule has 0 atom stereocenters. The monoisotopic (exact) mass is 618 g/mol. The van der Waals surface area contributed by atoms with E-state index in [-0.39, 0.29) is 44.8 Å². The zero-order valence-corrected chi connectivity index (χ0v) is 23.8. The summed E-state index contributed by atoms with van der Waals surface area (Å²) in [6.07, 6.45) is 0. The summed E-state index contributed by atoms with van der Waals surface area (Å²) < 4.78 is 17.2. The van der Waals surface area contributed by atoms with Crippen LogP contribution in [-0.4, -0.2) is 33.3 Å². The van der Waals surface area contributed by atoms with E-state index in [2.05, 4.69) is 20.0 Å². The zero-order valence-electron chi connectivity index (χ0n) is 22.1. The van der Waals surface area contributed by atoms with E-state index in [1.165, 1.54) is 0 Å². The summed E-state index contributed by atoms with van der Waals surface area (Å²) in [5.41, 5.74) is -2.70. The molecular weight excluding hydrogens is 605 g/mol. The van der Waals surface area contributed by atoms with Crippen LogP contribution >= 0.6 is 22.7 Å². The number of carbonyl (C=O) groups is 2. The highest BCUT2D eigenvalue weighted by molar-refractivity contribution is 7.25. The third kappa shape index (κ3) is 5.73. The van der Waals surface area contributed by atoms with Crippen molar-refractivity contribution in [1.29, 1.82) is 21.0 Å². The Kier molecular flexibility index (Phi) is 8.45. The number of fused-ring (bicyclic) bond motifs is 3. The number of rotatable bonds is 8. The van der Waals surface area contributed by atoms with Crippen molar-refractivity contribution in [3.05, 3.63) is 77.5 Å². The molecule has 0 unspecified atom stereocenters. The van der Waals surface area contributed by atoms with Crippen LogP contribution in [0.4, 0.5) is 10.3 Å². The molecule has 1 aliphatic rings. The summed E-state index contributed by atoms with van der Waals surface area (Å²) >= 11 is 1.73. The number of ether oxygens (including phenoxy) is 3. The molecule has 4 aromatic rings. The van der Waals surface area contributed by atoms with Crippen LogP contribution in [0, 0.1) is 45.3 Å². The van der Waals surface area contributed by atoms with Gasteiger partial charge in [-0.2, -0.15) is 36.0 Å². The molecule has 3 heterocycles. The summed E-state index contributed by atoms with van der Waals surface area (Å²) in [7, 11) is 0. The Balaban J connectivity index is 1.66. The molecule has 2 aromatic carbocycles. The SMILES string of the molecule is N#CC(C#N)=Nc1nc2c(s1)-c1sc(N=C(C#N)C#N)nc1C(C(=O)OCc1ccccc1)(C(=O)OCc1ccccc1)O2. The van der Waals surface area contributed by atoms with Gasteiger partial charge in [0.1, 0.15) is 48.1 Å². The summed E-state index contributed by atoms with van der Waals surface area (Å²) in [6.45, 7) is -0.469. The Morgan fingerprint density at radius 1 is 0.727 bits per heavy atom. The fourth-order valence-corrected chi connectivity index (χ4v) is 5.83. The van der Waals surface area contributed by atoms with E-state index in [9.17, 15) is 20.1 Å². The van der Waals surface area contributed by atoms with Gasteiger partial charge in [-0.15, -0.1) is 0 Å². The van der Waals surface area contributed by atoms with Crippen molar-refractivity contribution < 1.29 is 23.8 Å². The van der Waals surface area contributed by atoms with Crippen molar-refractivity contribution >= 4 is 56.3 Å². The van der Waals surface area contributed by atoms with Crippen LogP contribution in [0.25, 0.3) is 9.75 Å². The molecule has 0 saturated heterocycles. The second kappa shape index (κ2) is 12.7. The average Bonchev–Trinajstić information content (AvgIpc) is 3.68. The maximum atomic E-state index is 14.0. The smallest absolute Gasteiger partial charge is 0.369 e. The molecule has 0 amide bonds. The molecule has 15 heteroatoms. The van der Waals surface area contributed by atoms with Gasteiger partial charge >= 0.3 is 17.5 Å². The molecule has 0 fully saturated rings. The first-order valence-corrected chi connectivity index (χ1v) is 14.0. The first-order valence-electron chi connectivity index (χ1n) is 12.3. The molecule has 0 N–H and O–H groups in total. The average molecular weight is 619 g/mol. The van der Waals surface area contributed by atoms with E-state index in [4.69, 9.17) is 24.7 Å². The highest BCUT2D eigenvalue weighted by Crippen LogP contribution is 2.53. The second-order valence-corrected chi connectivity index (χ2v) is 10.5. The van der Waals surface area contributed by atoms with Crippen LogP contribution in [0.2, 0.25) is 0 Å². The number of benzene rings is 2. The lowest BCUT2D eigenvalue weighted by molar-refractivity contribution is -0.184. The summed E-state index contributed by atoms with van der Waals surface area (Å²) in [6, 6.07) is 23.9. The molecule has 44 heavy (non-hydrogen) atoms. The van der Waals surface area contributed by atoms with Crippen molar-refractivity contribution in [2.75, 3.05) is 0 Å². The van der Waals surface area contributed by atoms with Gasteiger partial charge in [0, 0.05) is 0 Å². The Bertz CT molecular complexity index is 1900. The van der Waals surface area contributed by atoms with E-state index in [0.717, 1.165) is 22.7 Å². The Morgan fingerprint density at radius 3 is 1.66 bits per heavy atom. The number of hydrogen-bond donors (Lipinski definition) is 0. The highest BCUT2D eigenvalue weighted by Gasteiger charge is 2.61. The maximum absolute atomic E-state index is 14.0. The van der Waals surface area contributed by atoms with Gasteiger partial charge < -0.3 is 14.2 Å². The lowest BCUT2D eigenvalue weighted by Crippen LogP contribution is -2.52. The van der Waals surface area contributed by atoms with Crippen molar-refractivity contribution in [1.82, 2.24) is 9.97 Å². The molecule has 13 nitrogen and oxygen atoms in total. The quantitative estimate of drug-likeness (QED) is 0.152. The van der Waals surface area contributed by atoms with Gasteiger partial charge in [0.25, 0.3) is 0 Å². The molecule has 0 spiro atoms. The van der Waals surface area contributed by atoms with E-state index in [0.29, 0.717) is 11.1 Å². The molecule has 2 aromatic heterocycles. The number of thiazole rings is 2. The molecule has 5 rings (SSSR count). The number of hydrogen-bond acceptors (Lipinski definition) is 15. The number of nitriles is 4. The minimum absolute atomic E-state index is 0.0849. The zero-order chi connectivity index (χ0) is 31.1. The number of nitrogens with zero attached hydrogens (tertiary/aromatic N) is 8. The first-order chi connectivity index (χ1) is 21.4. The first kappa shape index (κ1) is 29.2. The fourth-order valence-electron chi connectivity index (χ4n) is 3.85. The Labute approximate surface area is 256 Å². The van der Waals surface area contributed by atoms with Crippen molar-refractivity contribution in [3.63, 3.8) is 0 Å². The van der Waals surface area contributed by atoms with Gasteiger partial charge in [-0.05, 0) is 11.1 Å². The molecule has 212 valence electrons. The maximum Gasteiger partial charge on any atom is 0.369 e. The Morgan fingerprint density at radius 2 is 1.18 bits per heavy atom. The lowest BCUT2D eigenvalue weighted by atomic mass is 9.95. The van der Waals surface area contributed by atoms with E-state index < -0.39 is 29.0 Å². The van der Waals surface area contributed by atoms with E-state index in [1.807, 2.05) is 0 Å². The Hall–Kier alpha value is -6.26. The normalized spacial score (nSPS) is 11.8. The molecule has 0 bridgehead atoms. The highest BCUT2D eigenvalue weighted by atomic mass is 32.1. The van der Waals surface area contributed by atoms with Crippen molar-refractivity contribution in [2.24, 2.45) is 9.98 Å². The molecule has 0 aliphatic carbocycles. The van der Waals surface area contributed by atoms with E-state index >= 15 is 0 Å². The van der Waals surface area contributed by atoms with Gasteiger partial charge in [0.2, 0.25) is 27.6 Å². The van der Waals surface area contributed by atoms with Crippen LogP contribution in [-0.2, 0) is 37.9 Å². The van der Waals surface area contributed by atoms with Crippen LogP contribution in [0.1, 0.15) is 16.8 Å². The number of carbonyl (C=O) groups excluding carboxylic acids is 2. The van der Waals surface area contributed by atoms with Crippen molar-refractivity contribution in [3.8, 4) is 39.9 Å². The second-order valence-electron chi connectivity index (χ2n) is 8.58. The molecular formula is C29H14N8O5S2. The number of aromatic nitrogens is 2. The largest absolute Gasteiger partial charge is 0.457 e. The van der Waals surface area contributed by atoms with Gasteiger partial charge in [0.15, 0.2) is 0 Å². The third-order valence-electron chi connectivity index (χ3n) is 5.83. The summed E-state index contributed by atoms with van der Waals surface area (Å²) in [4.78, 5) is 44.8. The predicted octanol–water partition coefficient (Wildman–Crippen LogP) is 4.58. The third-order valence-corrected chi connectivity index (χ3v) is 7.87. The van der Waals surface area contributed by atoms with Gasteiger partial charge in [-0.25, -0.2) is 14.6 Å². The summed E-state index contributed by atoms with van der Waals surface area (Å²) in [5.74, 6) is -2.61. The van der Waals surface area contributed by atoms with Crippen LogP contribution in [0.5, 0.6) is 5.88 Å². The minimum atomic E-state index is -2.65. The lowest BCUT2D eigenvalue weighted by Gasteiger charge is -2.31. The fraction of sp³-hybridized carbons (Fsp3) is 0.103. The number of aliphatic imine (C=N–C) groups is 2. The summed E-state index contributed by atoms with van der Waals surface area (Å²) in [5, 5.41) is 36.6. The van der Waals surface area contributed by atoms with Crippen LogP contribution in [0.3, 0.4) is 0 Å². The standard InChI is InChI=1S/C29H14N8O5S2/c30-11-19(12-31)34-27-36-23-21(43-27)22-24(37-28(44-22)35-20(13-32)14-33)42-29(23,25(38)40-15-17-7-3-1-4-8-17)26(39)41-16-18-9-5-2-6-10-18/h1-10H,15-16H2. The molecule has 0 radical (unpaired) electrons. The molecule has 1 aliphatic heterocycles. The van der Waals surface area contributed by atoms with Gasteiger partial charge in [0.05, 0.1) is 4.88 Å². The van der Waals surface area contributed by atoms with Crippen molar-refractivity contribution in [2.45, 2.75) is 18.8 Å². The van der Waals surface area contributed by atoms with Crippen LogP contribution in [0.15, 0.2) is 70.6 Å². The van der Waals surface area contributed by atoms with Crippen LogP contribution < -0.4 is 4.74 Å². The minimum Gasteiger partial charge on any atom is -0.457 e. The topological polar surface area (TPSA) is 207 Å². The number of esters is 2. The van der Waals surface area contributed by atoms with Gasteiger partial charge in [-0.1, -0.05) is 83.3 Å². The molecule has 0 saturated carbocycles. The predicted molar refractivity (Wildman–Crippen MR) is 155 cm³/mol. The van der Waals surface area contributed by atoms with Gasteiger partial charge in [-0.3, -0.25) is 0 Å².